The Morgan fingerprint density at radius 3 is 1.74 bits per heavy atom. The van der Waals surface area contributed by atoms with Gasteiger partial charge in [0.25, 0.3) is 5.91 Å². The van der Waals surface area contributed by atoms with Crippen molar-refractivity contribution in [2.24, 2.45) is 0 Å². The average Bonchev–Trinajstić information content (AvgIpc) is 2.88. The Hall–Kier alpha value is -2.49. The summed E-state index contributed by atoms with van der Waals surface area (Å²) in [5.41, 5.74) is 5.56. The van der Waals surface area contributed by atoms with Crippen LogP contribution < -0.4 is 5.48 Å². The predicted molar refractivity (Wildman–Crippen MR) is 141 cm³/mol. The van der Waals surface area contributed by atoms with Crippen LogP contribution in [-0.4, -0.2) is 53.8 Å². The molecule has 0 radical (unpaired) electrons. The van der Waals surface area contributed by atoms with Crippen LogP contribution >= 0.6 is 24.8 Å². The summed E-state index contributed by atoms with van der Waals surface area (Å²) < 4.78 is 25.4. The monoisotopic (exact) mass is 537 g/mol. The molecule has 0 aliphatic carbocycles. The van der Waals surface area contributed by atoms with E-state index in [0.717, 1.165) is 28.8 Å². The number of aromatic nitrogens is 1. The maximum Gasteiger partial charge on any atom is 0.265 e. The van der Waals surface area contributed by atoms with Gasteiger partial charge in [-0.05, 0) is 65.9 Å². The van der Waals surface area contributed by atoms with Crippen LogP contribution in [0.25, 0.3) is 22.3 Å². The Morgan fingerprint density at radius 2 is 1.31 bits per heavy atom. The maximum absolute atomic E-state index is 13.6. The quantitative estimate of drug-likeness (QED) is 0.357. The zero-order chi connectivity index (χ0) is 23.5. The number of sulfone groups is 1. The first-order valence-electron chi connectivity index (χ1n) is 10.9. The number of amides is 1. The molecule has 1 aliphatic heterocycles. The number of benzene rings is 2. The number of hydrogen-bond donors (Lipinski definition) is 2. The summed E-state index contributed by atoms with van der Waals surface area (Å²) in [7, 11) is -4.01. The van der Waals surface area contributed by atoms with Crippen molar-refractivity contribution >= 4 is 40.6 Å². The van der Waals surface area contributed by atoms with Crippen LogP contribution in [0.4, 0.5) is 0 Å². The first-order chi connectivity index (χ1) is 15.9. The summed E-state index contributed by atoms with van der Waals surface area (Å²) in [6.45, 7) is 3.73. The fourth-order valence-corrected chi connectivity index (χ4v) is 6.36. The average molecular weight is 538 g/mol. The Labute approximate surface area is 218 Å². The summed E-state index contributed by atoms with van der Waals surface area (Å²) in [5, 5.41) is 9.30. The molecular weight excluding hydrogens is 509 g/mol. The number of carbonyl (C=O) groups is 1. The number of piperidine rings is 1. The number of pyridine rings is 1. The Balaban J connectivity index is 0.00000216. The third-order valence-electron chi connectivity index (χ3n) is 6.54. The number of hydroxylamine groups is 1. The van der Waals surface area contributed by atoms with Crippen LogP contribution in [0.1, 0.15) is 19.8 Å². The van der Waals surface area contributed by atoms with E-state index in [-0.39, 0.29) is 42.6 Å². The Morgan fingerprint density at radius 1 is 0.886 bits per heavy atom. The van der Waals surface area contributed by atoms with Gasteiger partial charge in [0.1, 0.15) is 0 Å². The topological polar surface area (TPSA) is 99.6 Å². The number of rotatable bonds is 6. The predicted octanol–water partition coefficient (Wildman–Crippen LogP) is 4.39. The van der Waals surface area contributed by atoms with Crippen LogP contribution in [0, 0.1) is 0 Å². The number of nitrogens with zero attached hydrogens (tertiary/aromatic N) is 2. The molecule has 0 atom stereocenters. The van der Waals surface area contributed by atoms with Crippen molar-refractivity contribution in [3.05, 3.63) is 73.1 Å². The van der Waals surface area contributed by atoms with E-state index < -0.39 is 20.5 Å². The van der Waals surface area contributed by atoms with E-state index in [2.05, 4.69) is 9.88 Å². The van der Waals surface area contributed by atoms with Crippen molar-refractivity contribution in [1.82, 2.24) is 15.4 Å². The minimum absolute atomic E-state index is 0. The minimum Gasteiger partial charge on any atom is -0.303 e. The summed E-state index contributed by atoms with van der Waals surface area (Å²) in [4.78, 5) is 18.8. The van der Waals surface area contributed by atoms with E-state index in [1.807, 2.05) is 43.3 Å². The first kappa shape index (κ1) is 28.7. The van der Waals surface area contributed by atoms with Crippen molar-refractivity contribution in [2.75, 3.05) is 19.6 Å². The van der Waals surface area contributed by atoms with Crippen LogP contribution in [0.5, 0.6) is 0 Å². The lowest BCUT2D eigenvalue weighted by Gasteiger charge is -2.39. The van der Waals surface area contributed by atoms with E-state index in [1.54, 1.807) is 42.1 Å². The molecule has 1 saturated heterocycles. The fourth-order valence-electron chi connectivity index (χ4n) is 4.40. The number of halogens is 2. The molecule has 2 N–H and O–H groups in total. The zero-order valence-electron chi connectivity index (χ0n) is 19.3. The van der Waals surface area contributed by atoms with Gasteiger partial charge in [0.2, 0.25) is 0 Å². The smallest absolute Gasteiger partial charge is 0.265 e. The number of hydrogen-bond acceptors (Lipinski definition) is 6. The zero-order valence-corrected chi connectivity index (χ0v) is 21.7. The molecule has 2 aromatic carbocycles. The van der Waals surface area contributed by atoms with Gasteiger partial charge in [-0.2, -0.15) is 0 Å². The summed E-state index contributed by atoms with van der Waals surface area (Å²) in [6.07, 6.45) is 3.76. The molecule has 188 valence electrons. The summed E-state index contributed by atoms with van der Waals surface area (Å²) >= 11 is 0. The highest BCUT2D eigenvalue weighted by atomic mass is 35.5. The van der Waals surface area contributed by atoms with E-state index in [9.17, 15) is 18.4 Å². The molecule has 1 aliphatic rings. The highest BCUT2D eigenvalue weighted by Crippen LogP contribution is 2.36. The minimum atomic E-state index is -4.01. The third kappa shape index (κ3) is 5.52. The van der Waals surface area contributed by atoms with E-state index in [4.69, 9.17) is 0 Å². The molecule has 2 heterocycles. The highest BCUT2D eigenvalue weighted by molar-refractivity contribution is 7.93. The van der Waals surface area contributed by atoms with Gasteiger partial charge in [0.15, 0.2) is 14.6 Å². The normalized spacial score (nSPS) is 15.4. The SMILES string of the molecule is CCN1CCC(C(=O)NO)(S(=O)(=O)c2ccc(-c3ccc(-c4ccncc4)cc3)cc2)CC1.Cl.Cl. The van der Waals surface area contributed by atoms with Crippen molar-refractivity contribution in [2.45, 2.75) is 29.4 Å². The third-order valence-corrected chi connectivity index (χ3v) is 9.05. The van der Waals surface area contributed by atoms with Gasteiger partial charge in [0, 0.05) is 25.5 Å². The van der Waals surface area contributed by atoms with Gasteiger partial charge in [-0.25, -0.2) is 13.9 Å². The molecule has 10 heteroatoms. The maximum atomic E-state index is 13.6. The molecule has 0 spiro atoms. The van der Waals surface area contributed by atoms with Gasteiger partial charge in [0.05, 0.1) is 4.90 Å². The summed E-state index contributed by atoms with van der Waals surface area (Å²) in [6, 6.07) is 18.5. The van der Waals surface area contributed by atoms with Crippen molar-refractivity contribution in [3.63, 3.8) is 0 Å². The number of carbonyl (C=O) groups excluding carboxylic acids is 1. The van der Waals surface area contributed by atoms with Crippen LogP contribution in [0.3, 0.4) is 0 Å². The van der Waals surface area contributed by atoms with Gasteiger partial charge >= 0.3 is 0 Å². The van der Waals surface area contributed by atoms with Crippen molar-refractivity contribution < 1.29 is 18.4 Å². The van der Waals surface area contributed by atoms with Gasteiger partial charge in [-0.3, -0.25) is 15.0 Å². The lowest BCUT2D eigenvalue weighted by atomic mass is 9.95. The highest BCUT2D eigenvalue weighted by Gasteiger charge is 2.52. The first-order valence-corrected chi connectivity index (χ1v) is 12.4. The van der Waals surface area contributed by atoms with Crippen molar-refractivity contribution in [3.8, 4) is 22.3 Å². The Bertz CT molecular complexity index is 1210. The summed E-state index contributed by atoms with van der Waals surface area (Å²) in [5.74, 6) is -0.867. The van der Waals surface area contributed by atoms with E-state index >= 15 is 0 Å². The van der Waals surface area contributed by atoms with E-state index in [0.29, 0.717) is 13.1 Å². The molecule has 3 aromatic rings. The molecule has 4 rings (SSSR count). The van der Waals surface area contributed by atoms with Gasteiger partial charge in [-0.15, -0.1) is 24.8 Å². The van der Waals surface area contributed by atoms with Gasteiger partial charge in [-0.1, -0.05) is 43.3 Å². The lowest BCUT2D eigenvalue weighted by Crippen LogP contribution is -2.57. The molecule has 0 unspecified atom stereocenters. The number of likely N-dealkylation sites (tertiary alicyclic amines) is 1. The lowest BCUT2D eigenvalue weighted by molar-refractivity contribution is -0.133. The van der Waals surface area contributed by atoms with Crippen molar-refractivity contribution in [1.29, 1.82) is 0 Å². The second kappa shape index (κ2) is 12.0. The Kier molecular flexibility index (Phi) is 9.83. The number of nitrogens with one attached hydrogen (secondary N) is 1. The van der Waals surface area contributed by atoms with Gasteiger partial charge < -0.3 is 4.90 Å². The largest absolute Gasteiger partial charge is 0.303 e. The molecule has 0 bridgehead atoms. The van der Waals surface area contributed by atoms with Crippen LogP contribution in [0.2, 0.25) is 0 Å². The molecule has 7 nitrogen and oxygen atoms in total. The molecule has 1 fully saturated rings. The van der Waals surface area contributed by atoms with E-state index in [1.165, 1.54) is 0 Å². The molecule has 0 saturated carbocycles. The standard InChI is InChI=1S/C25H27N3O4S.2ClH/c1-2-28-17-13-25(14-18-28,24(29)27-30)33(31,32)23-9-7-21(8-10-23)19-3-5-20(6-4-19)22-11-15-26-16-12-22;;/h3-12,15-16,30H,2,13-14,17-18H2,1H3,(H,27,29);2*1H. The fraction of sp³-hybridized carbons (Fsp3) is 0.280. The van der Waals surface area contributed by atoms with Crippen LogP contribution in [0.15, 0.2) is 78.0 Å². The molecule has 1 amide bonds. The second-order valence-electron chi connectivity index (χ2n) is 8.21. The molecular formula is C25H29Cl2N3O4S. The second-order valence-corrected chi connectivity index (χ2v) is 10.5. The van der Waals surface area contributed by atoms with Crippen LogP contribution in [-0.2, 0) is 14.6 Å². The molecule has 35 heavy (non-hydrogen) atoms. The molecule has 1 aromatic heterocycles.